The van der Waals surface area contributed by atoms with Gasteiger partial charge in [-0.3, -0.25) is 4.79 Å². The van der Waals surface area contributed by atoms with Crippen LogP contribution in [0.15, 0.2) is 18.2 Å². The number of methoxy groups -OCH3 is 1. The van der Waals surface area contributed by atoms with E-state index in [1.807, 2.05) is 12.1 Å². The van der Waals surface area contributed by atoms with Crippen LogP contribution in [0.2, 0.25) is 10.0 Å². The van der Waals surface area contributed by atoms with Gasteiger partial charge in [0.05, 0.1) is 13.0 Å². The van der Waals surface area contributed by atoms with E-state index in [1.165, 1.54) is 7.11 Å². The Morgan fingerprint density at radius 2 is 2.16 bits per heavy atom. The van der Waals surface area contributed by atoms with Gasteiger partial charge in [0.25, 0.3) is 0 Å². The molecule has 1 aromatic carbocycles. The van der Waals surface area contributed by atoms with Crippen molar-refractivity contribution in [2.45, 2.75) is 18.9 Å². The number of benzene rings is 1. The summed E-state index contributed by atoms with van der Waals surface area (Å²) in [6.07, 6.45) is 1.50. The molecular formula is C13H16Cl3NO2. The van der Waals surface area contributed by atoms with E-state index in [0.29, 0.717) is 16.5 Å². The Morgan fingerprint density at radius 1 is 1.42 bits per heavy atom. The highest BCUT2D eigenvalue weighted by Crippen LogP contribution is 2.33. The highest BCUT2D eigenvalue weighted by atomic mass is 35.5. The van der Waals surface area contributed by atoms with Crippen LogP contribution in [-0.4, -0.2) is 19.6 Å². The number of piperidine rings is 1. The van der Waals surface area contributed by atoms with E-state index in [1.54, 1.807) is 6.07 Å². The smallest absolute Gasteiger partial charge is 0.308 e. The van der Waals surface area contributed by atoms with E-state index in [2.05, 4.69) is 5.32 Å². The molecule has 0 radical (unpaired) electrons. The number of halogens is 3. The molecule has 106 valence electrons. The molecule has 6 heteroatoms. The van der Waals surface area contributed by atoms with Crippen molar-refractivity contribution in [3.8, 4) is 0 Å². The van der Waals surface area contributed by atoms with Gasteiger partial charge in [-0.1, -0.05) is 29.3 Å². The molecule has 0 spiro atoms. The fourth-order valence-electron chi connectivity index (χ4n) is 2.32. The first-order chi connectivity index (χ1) is 8.61. The van der Waals surface area contributed by atoms with Gasteiger partial charge in [-0.2, -0.15) is 0 Å². The molecule has 2 unspecified atom stereocenters. The Labute approximate surface area is 129 Å². The van der Waals surface area contributed by atoms with Crippen LogP contribution in [-0.2, 0) is 9.53 Å². The molecular weight excluding hydrogens is 309 g/mol. The van der Waals surface area contributed by atoms with Crippen LogP contribution in [0.4, 0.5) is 0 Å². The van der Waals surface area contributed by atoms with Crippen molar-refractivity contribution in [2.24, 2.45) is 5.92 Å². The van der Waals surface area contributed by atoms with Gasteiger partial charge < -0.3 is 10.1 Å². The van der Waals surface area contributed by atoms with Gasteiger partial charge in [-0.15, -0.1) is 12.4 Å². The van der Waals surface area contributed by atoms with Crippen LogP contribution in [0.25, 0.3) is 0 Å². The lowest BCUT2D eigenvalue weighted by Gasteiger charge is -2.29. The van der Waals surface area contributed by atoms with Crippen molar-refractivity contribution in [3.05, 3.63) is 33.8 Å². The number of esters is 1. The number of hydrogen-bond donors (Lipinski definition) is 1. The summed E-state index contributed by atoms with van der Waals surface area (Å²) in [5, 5.41) is 4.61. The van der Waals surface area contributed by atoms with E-state index in [4.69, 9.17) is 27.9 Å². The van der Waals surface area contributed by atoms with E-state index in [9.17, 15) is 4.79 Å². The van der Waals surface area contributed by atoms with Gasteiger partial charge in [0.15, 0.2) is 0 Å². The van der Waals surface area contributed by atoms with Crippen molar-refractivity contribution in [2.75, 3.05) is 13.7 Å². The topological polar surface area (TPSA) is 38.3 Å². The molecule has 2 atom stereocenters. The quantitative estimate of drug-likeness (QED) is 0.844. The monoisotopic (exact) mass is 323 g/mol. The predicted octanol–water partition coefficient (Wildman–Crippen LogP) is 3.63. The lowest BCUT2D eigenvalue weighted by atomic mass is 9.89. The molecule has 0 aliphatic carbocycles. The fourth-order valence-corrected chi connectivity index (χ4v) is 2.86. The molecule has 0 saturated carbocycles. The van der Waals surface area contributed by atoms with Gasteiger partial charge >= 0.3 is 5.97 Å². The predicted molar refractivity (Wildman–Crippen MR) is 79.2 cm³/mol. The molecule has 2 rings (SSSR count). The molecule has 1 heterocycles. The number of carbonyl (C=O) groups is 1. The molecule has 19 heavy (non-hydrogen) atoms. The van der Waals surface area contributed by atoms with Crippen LogP contribution in [0.1, 0.15) is 24.4 Å². The molecule has 1 saturated heterocycles. The van der Waals surface area contributed by atoms with E-state index in [-0.39, 0.29) is 30.3 Å². The van der Waals surface area contributed by atoms with Crippen LogP contribution in [0.5, 0.6) is 0 Å². The van der Waals surface area contributed by atoms with Crippen LogP contribution >= 0.6 is 35.6 Å². The average molecular weight is 325 g/mol. The summed E-state index contributed by atoms with van der Waals surface area (Å²) in [5.41, 5.74) is 0.981. The third-order valence-corrected chi connectivity index (χ3v) is 3.84. The van der Waals surface area contributed by atoms with Crippen LogP contribution < -0.4 is 5.32 Å². The lowest BCUT2D eigenvalue weighted by molar-refractivity contribution is -0.146. The van der Waals surface area contributed by atoms with Gasteiger partial charge in [0.1, 0.15) is 0 Å². The lowest BCUT2D eigenvalue weighted by Crippen LogP contribution is -2.35. The Morgan fingerprint density at radius 3 is 2.79 bits per heavy atom. The van der Waals surface area contributed by atoms with Crippen molar-refractivity contribution >= 4 is 41.6 Å². The van der Waals surface area contributed by atoms with Crippen LogP contribution in [0.3, 0.4) is 0 Å². The molecule has 0 aromatic heterocycles. The number of carbonyl (C=O) groups excluding carboxylic acids is 1. The zero-order valence-electron chi connectivity index (χ0n) is 10.5. The van der Waals surface area contributed by atoms with Crippen molar-refractivity contribution in [1.29, 1.82) is 0 Å². The first-order valence-electron chi connectivity index (χ1n) is 5.88. The second kappa shape index (κ2) is 7.34. The van der Waals surface area contributed by atoms with Gasteiger partial charge in [0, 0.05) is 16.1 Å². The molecule has 1 aromatic rings. The summed E-state index contributed by atoms with van der Waals surface area (Å²) in [4.78, 5) is 11.6. The maximum atomic E-state index is 11.6. The minimum atomic E-state index is -0.147. The van der Waals surface area contributed by atoms with Gasteiger partial charge in [-0.05, 0) is 37.1 Å². The molecule has 0 bridgehead atoms. The Kier molecular flexibility index (Phi) is 6.40. The standard InChI is InChI=1S/C13H15Cl2NO2.ClH/c1-18-13(17)8-4-5-16-12(6-8)10-3-2-9(14)7-11(10)15;/h2-3,7-8,12,16H,4-6H2,1H3;1H. The third kappa shape index (κ3) is 3.99. The number of rotatable bonds is 2. The zero-order chi connectivity index (χ0) is 13.1. The summed E-state index contributed by atoms with van der Waals surface area (Å²) in [6, 6.07) is 5.52. The Hall–Kier alpha value is -0.480. The minimum Gasteiger partial charge on any atom is -0.469 e. The molecule has 3 nitrogen and oxygen atoms in total. The summed E-state index contributed by atoms with van der Waals surface area (Å²) < 4.78 is 4.80. The van der Waals surface area contributed by atoms with E-state index in [0.717, 1.165) is 18.5 Å². The summed E-state index contributed by atoms with van der Waals surface area (Å²) in [6.45, 7) is 0.781. The highest BCUT2D eigenvalue weighted by Gasteiger charge is 2.29. The minimum absolute atomic E-state index is 0. The number of ether oxygens (including phenoxy) is 1. The molecule has 1 aliphatic rings. The second-order valence-corrected chi connectivity index (χ2v) is 5.26. The maximum absolute atomic E-state index is 11.6. The van der Waals surface area contributed by atoms with Crippen molar-refractivity contribution in [1.82, 2.24) is 5.32 Å². The van der Waals surface area contributed by atoms with Crippen molar-refractivity contribution in [3.63, 3.8) is 0 Å². The summed E-state index contributed by atoms with van der Waals surface area (Å²) in [5.74, 6) is -0.209. The largest absolute Gasteiger partial charge is 0.469 e. The summed E-state index contributed by atoms with van der Waals surface area (Å²) in [7, 11) is 1.43. The number of nitrogens with one attached hydrogen (secondary N) is 1. The zero-order valence-corrected chi connectivity index (χ0v) is 12.8. The normalized spacial score (nSPS) is 22.5. The maximum Gasteiger partial charge on any atom is 0.308 e. The van der Waals surface area contributed by atoms with Crippen LogP contribution in [0, 0.1) is 5.92 Å². The van der Waals surface area contributed by atoms with E-state index >= 15 is 0 Å². The van der Waals surface area contributed by atoms with E-state index < -0.39 is 0 Å². The van der Waals surface area contributed by atoms with Gasteiger partial charge in [0.2, 0.25) is 0 Å². The number of hydrogen-bond acceptors (Lipinski definition) is 3. The molecule has 1 fully saturated rings. The average Bonchev–Trinajstić information content (AvgIpc) is 2.38. The first-order valence-corrected chi connectivity index (χ1v) is 6.63. The third-order valence-electron chi connectivity index (χ3n) is 3.28. The second-order valence-electron chi connectivity index (χ2n) is 4.42. The SMILES string of the molecule is COC(=O)C1CCNC(c2ccc(Cl)cc2Cl)C1.Cl. The molecule has 0 amide bonds. The first kappa shape index (κ1) is 16.6. The molecule has 1 aliphatic heterocycles. The Balaban J connectivity index is 0.00000180. The fraction of sp³-hybridized carbons (Fsp3) is 0.462. The highest BCUT2D eigenvalue weighted by molar-refractivity contribution is 6.35. The Bertz CT molecular complexity index is 454. The van der Waals surface area contributed by atoms with Crippen molar-refractivity contribution < 1.29 is 9.53 Å². The molecule has 1 N–H and O–H groups in total. The summed E-state index contributed by atoms with van der Waals surface area (Å²) >= 11 is 12.1. The van der Waals surface area contributed by atoms with Gasteiger partial charge in [-0.25, -0.2) is 0 Å².